The fraction of sp³-hybridized carbons (Fsp3) is 0.895. The molecule has 0 saturated carbocycles. The number of aliphatic hydroxyl groups is 1. The minimum atomic E-state index is -1.24. The Morgan fingerprint density at radius 3 is 1.73 bits per heavy atom. The van der Waals surface area contributed by atoms with Crippen molar-refractivity contribution in [1.29, 1.82) is 0 Å². The molecule has 0 radical (unpaired) electrons. The third-order valence-electron chi connectivity index (χ3n) is 3.52. The van der Waals surface area contributed by atoms with Crippen LogP contribution < -0.4 is 10.6 Å². The van der Waals surface area contributed by atoms with Gasteiger partial charge in [-0.1, -0.05) is 13.8 Å². The van der Waals surface area contributed by atoms with Crippen molar-refractivity contribution < 1.29 is 42.8 Å². The maximum absolute atomic E-state index is 13.5. The number of ether oxygens (including phenoxy) is 5. The molecule has 0 aromatic heterocycles. The van der Waals surface area contributed by atoms with E-state index in [-0.39, 0.29) is 31.6 Å². The third kappa shape index (κ3) is 19.9. The highest BCUT2D eigenvalue weighted by Crippen LogP contribution is 1.94. The molecule has 1 unspecified atom stereocenters. The van der Waals surface area contributed by atoms with Crippen LogP contribution >= 0.6 is 0 Å². The third-order valence-corrected chi connectivity index (χ3v) is 3.52. The number of carbonyl (C=O) groups is 2. The summed E-state index contributed by atoms with van der Waals surface area (Å²) in [7, 11) is 0. The van der Waals surface area contributed by atoms with Crippen LogP contribution in [-0.4, -0.2) is 109 Å². The number of nitrogens with one attached hydrogen (secondary N) is 2. The molecule has 0 saturated heterocycles. The van der Waals surface area contributed by atoms with E-state index < -0.39 is 18.7 Å². The number of aliphatic hydroxyl groups excluding tert-OH is 1. The van der Waals surface area contributed by atoms with Crippen molar-refractivity contribution in [3.8, 4) is 0 Å². The first-order valence-electron chi connectivity index (χ1n) is 10.1. The van der Waals surface area contributed by atoms with Gasteiger partial charge < -0.3 is 39.4 Å². The Kier molecular flexibility index (Phi) is 19.9. The molecule has 0 heterocycles. The molecule has 3 N–H and O–H groups in total. The number of halogens is 1. The zero-order valence-electron chi connectivity index (χ0n) is 18.0. The molecule has 0 fully saturated rings. The Morgan fingerprint density at radius 1 is 0.800 bits per heavy atom. The monoisotopic (exact) mass is 440 g/mol. The quantitative estimate of drug-likeness (QED) is 0.200. The maximum Gasteiger partial charge on any atom is 0.245 e. The minimum absolute atomic E-state index is 0.0528. The number of hydrogen-bond acceptors (Lipinski definition) is 8. The SMILES string of the molecule is CC(C)C(=O)NCC(F)COCCOCCOCCOCCOCCNC(=O)CO. The van der Waals surface area contributed by atoms with E-state index in [1.54, 1.807) is 13.8 Å². The molecule has 30 heavy (non-hydrogen) atoms. The number of amides is 2. The van der Waals surface area contributed by atoms with Gasteiger partial charge in [-0.3, -0.25) is 9.59 Å². The molecular formula is C19H37FN2O8. The van der Waals surface area contributed by atoms with Gasteiger partial charge in [0.05, 0.1) is 72.6 Å². The Balaban J connectivity index is 3.19. The summed E-state index contributed by atoms with van der Waals surface area (Å²) in [4.78, 5) is 22.1. The van der Waals surface area contributed by atoms with Gasteiger partial charge in [0, 0.05) is 12.5 Å². The van der Waals surface area contributed by atoms with E-state index in [0.29, 0.717) is 59.4 Å². The van der Waals surface area contributed by atoms with E-state index in [1.165, 1.54) is 0 Å². The minimum Gasteiger partial charge on any atom is -0.387 e. The Morgan fingerprint density at radius 2 is 1.27 bits per heavy atom. The summed E-state index contributed by atoms with van der Waals surface area (Å²) in [6.07, 6.45) is -1.24. The van der Waals surface area contributed by atoms with Crippen LogP contribution in [0.2, 0.25) is 0 Å². The molecule has 0 spiro atoms. The number of rotatable bonds is 21. The van der Waals surface area contributed by atoms with Gasteiger partial charge in [0.1, 0.15) is 12.8 Å². The van der Waals surface area contributed by atoms with E-state index in [0.717, 1.165) is 0 Å². The van der Waals surface area contributed by atoms with Crippen molar-refractivity contribution >= 4 is 11.8 Å². The second-order valence-corrected chi connectivity index (χ2v) is 6.53. The number of hydrogen-bond donors (Lipinski definition) is 3. The smallest absolute Gasteiger partial charge is 0.245 e. The molecule has 0 aliphatic carbocycles. The largest absolute Gasteiger partial charge is 0.387 e. The normalized spacial score (nSPS) is 12.2. The van der Waals surface area contributed by atoms with Crippen molar-refractivity contribution in [3.05, 3.63) is 0 Å². The predicted molar refractivity (Wildman–Crippen MR) is 107 cm³/mol. The number of alkyl halides is 1. The van der Waals surface area contributed by atoms with E-state index >= 15 is 0 Å². The lowest BCUT2D eigenvalue weighted by Gasteiger charge is -2.12. The van der Waals surface area contributed by atoms with E-state index in [1.807, 2.05) is 0 Å². The molecule has 1 atom stereocenters. The van der Waals surface area contributed by atoms with Crippen molar-refractivity contribution in [1.82, 2.24) is 10.6 Å². The van der Waals surface area contributed by atoms with Crippen molar-refractivity contribution in [3.63, 3.8) is 0 Å². The summed E-state index contributed by atoms with van der Waals surface area (Å²) in [5.74, 6) is -0.777. The van der Waals surface area contributed by atoms with Gasteiger partial charge in [0.25, 0.3) is 0 Å². The van der Waals surface area contributed by atoms with Gasteiger partial charge in [-0.25, -0.2) is 4.39 Å². The van der Waals surface area contributed by atoms with E-state index in [2.05, 4.69) is 10.6 Å². The summed E-state index contributed by atoms with van der Waals surface area (Å²) in [5.41, 5.74) is 0. The molecule has 0 aliphatic rings. The van der Waals surface area contributed by atoms with Gasteiger partial charge in [-0.05, 0) is 0 Å². The summed E-state index contributed by atoms with van der Waals surface area (Å²) in [6.45, 7) is 6.63. The molecule has 10 nitrogen and oxygen atoms in total. The van der Waals surface area contributed by atoms with Crippen LogP contribution in [0.25, 0.3) is 0 Å². The summed E-state index contributed by atoms with van der Waals surface area (Å²) < 4.78 is 39.8. The van der Waals surface area contributed by atoms with Gasteiger partial charge in [-0.2, -0.15) is 0 Å². The molecule has 0 bridgehead atoms. The summed E-state index contributed by atoms with van der Waals surface area (Å²) in [6, 6.07) is 0. The van der Waals surface area contributed by atoms with Gasteiger partial charge >= 0.3 is 0 Å². The van der Waals surface area contributed by atoms with Gasteiger partial charge in [0.2, 0.25) is 11.8 Å². The van der Waals surface area contributed by atoms with Crippen LogP contribution in [0, 0.1) is 5.92 Å². The Hall–Kier alpha value is -1.37. The van der Waals surface area contributed by atoms with Crippen LogP contribution in [0.4, 0.5) is 4.39 Å². The fourth-order valence-electron chi connectivity index (χ4n) is 1.88. The zero-order chi connectivity index (χ0) is 22.5. The van der Waals surface area contributed by atoms with Crippen molar-refractivity contribution in [2.45, 2.75) is 20.0 Å². The first-order chi connectivity index (χ1) is 14.5. The van der Waals surface area contributed by atoms with Crippen LogP contribution in [0.15, 0.2) is 0 Å². The van der Waals surface area contributed by atoms with E-state index in [4.69, 9.17) is 28.8 Å². The molecule has 0 aliphatic heterocycles. The standard InChI is InChI=1S/C19H37FN2O8/c1-16(2)19(25)22-13-17(20)15-30-12-11-29-10-9-28-8-7-27-6-5-26-4-3-21-18(24)14-23/h16-17,23H,3-15H2,1-2H3,(H,21,24)(H,22,25). The first-order valence-corrected chi connectivity index (χ1v) is 10.1. The zero-order valence-corrected chi connectivity index (χ0v) is 18.0. The lowest BCUT2D eigenvalue weighted by Crippen LogP contribution is -2.35. The highest BCUT2D eigenvalue weighted by atomic mass is 19.1. The van der Waals surface area contributed by atoms with E-state index in [9.17, 15) is 14.0 Å². The average molecular weight is 441 g/mol. The van der Waals surface area contributed by atoms with Crippen molar-refractivity contribution in [2.24, 2.45) is 5.92 Å². The van der Waals surface area contributed by atoms with Crippen LogP contribution in [-0.2, 0) is 33.3 Å². The number of carbonyl (C=O) groups excluding carboxylic acids is 2. The molecule has 178 valence electrons. The first kappa shape index (κ1) is 28.6. The molecule has 11 heteroatoms. The molecular weight excluding hydrogens is 403 g/mol. The highest BCUT2D eigenvalue weighted by molar-refractivity contribution is 5.77. The molecule has 0 aromatic rings. The molecule has 0 aromatic carbocycles. The second-order valence-electron chi connectivity index (χ2n) is 6.53. The molecule has 2 amide bonds. The van der Waals surface area contributed by atoms with Crippen LogP contribution in [0.3, 0.4) is 0 Å². The van der Waals surface area contributed by atoms with Crippen LogP contribution in [0.5, 0.6) is 0 Å². The predicted octanol–water partition coefficient (Wildman–Crippen LogP) is -0.712. The van der Waals surface area contributed by atoms with Crippen molar-refractivity contribution in [2.75, 3.05) is 85.8 Å². The summed E-state index contributed by atoms with van der Waals surface area (Å²) >= 11 is 0. The Labute approximate surface area is 177 Å². The Bertz CT molecular complexity index is 429. The summed E-state index contributed by atoms with van der Waals surface area (Å²) in [5, 5.41) is 13.5. The van der Waals surface area contributed by atoms with Gasteiger partial charge in [-0.15, -0.1) is 0 Å². The topological polar surface area (TPSA) is 125 Å². The second kappa shape index (κ2) is 20.9. The lowest BCUT2D eigenvalue weighted by atomic mass is 10.2. The highest BCUT2D eigenvalue weighted by Gasteiger charge is 2.11. The maximum atomic E-state index is 13.5. The van der Waals surface area contributed by atoms with Crippen LogP contribution in [0.1, 0.15) is 13.8 Å². The fourth-order valence-corrected chi connectivity index (χ4v) is 1.88. The lowest BCUT2D eigenvalue weighted by molar-refractivity contribution is -0.125. The van der Waals surface area contributed by atoms with Gasteiger partial charge in [0.15, 0.2) is 0 Å². The molecule has 0 rings (SSSR count). The average Bonchev–Trinajstić information content (AvgIpc) is 2.73.